The Kier molecular flexibility index (Phi) is 5.75. The summed E-state index contributed by atoms with van der Waals surface area (Å²) in [6.07, 6.45) is 1.09. The highest BCUT2D eigenvalue weighted by atomic mass is 35.5. The fourth-order valence-corrected chi connectivity index (χ4v) is 1.99. The molecule has 0 saturated heterocycles. The summed E-state index contributed by atoms with van der Waals surface area (Å²) in [7, 11) is 6.18. The molecule has 0 spiro atoms. The first kappa shape index (κ1) is 14.3. The SMILES string of the molecule is CN(C)CCCN(C)c1ccc(Cl)cc1CO. The van der Waals surface area contributed by atoms with E-state index in [0.717, 1.165) is 30.8 Å². The summed E-state index contributed by atoms with van der Waals surface area (Å²) in [5.74, 6) is 0. The molecule has 0 saturated carbocycles. The van der Waals surface area contributed by atoms with Crippen LogP contribution in [0.5, 0.6) is 0 Å². The summed E-state index contributed by atoms with van der Waals surface area (Å²) in [5, 5.41) is 9.98. The summed E-state index contributed by atoms with van der Waals surface area (Å²) in [6.45, 7) is 2.05. The van der Waals surface area contributed by atoms with Crippen LogP contribution in [0.4, 0.5) is 5.69 Å². The molecule has 4 heteroatoms. The van der Waals surface area contributed by atoms with Crippen molar-refractivity contribution in [3.05, 3.63) is 28.8 Å². The van der Waals surface area contributed by atoms with Crippen molar-refractivity contribution >= 4 is 17.3 Å². The topological polar surface area (TPSA) is 26.7 Å². The highest BCUT2D eigenvalue weighted by molar-refractivity contribution is 6.30. The third-order valence-corrected chi connectivity index (χ3v) is 2.96. The average molecular weight is 257 g/mol. The fourth-order valence-electron chi connectivity index (χ4n) is 1.80. The number of benzene rings is 1. The van der Waals surface area contributed by atoms with Gasteiger partial charge >= 0.3 is 0 Å². The van der Waals surface area contributed by atoms with E-state index in [9.17, 15) is 5.11 Å². The number of anilines is 1. The molecule has 96 valence electrons. The molecule has 1 rings (SSSR count). The van der Waals surface area contributed by atoms with Crippen LogP contribution in [-0.4, -0.2) is 44.2 Å². The third kappa shape index (κ3) is 4.54. The normalized spacial score (nSPS) is 10.9. The summed E-state index contributed by atoms with van der Waals surface area (Å²) in [5.41, 5.74) is 1.93. The number of hydrogen-bond acceptors (Lipinski definition) is 3. The molecule has 0 atom stereocenters. The van der Waals surface area contributed by atoms with Crippen LogP contribution in [0.25, 0.3) is 0 Å². The Bertz CT molecular complexity index is 355. The molecule has 1 N–H and O–H groups in total. The van der Waals surface area contributed by atoms with Crippen molar-refractivity contribution in [2.45, 2.75) is 13.0 Å². The van der Waals surface area contributed by atoms with E-state index < -0.39 is 0 Å². The van der Waals surface area contributed by atoms with E-state index in [0.29, 0.717) is 5.02 Å². The smallest absolute Gasteiger partial charge is 0.0702 e. The number of hydrogen-bond donors (Lipinski definition) is 1. The largest absolute Gasteiger partial charge is 0.392 e. The lowest BCUT2D eigenvalue weighted by molar-refractivity contribution is 0.282. The monoisotopic (exact) mass is 256 g/mol. The second-order valence-electron chi connectivity index (χ2n) is 4.51. The molecule has 1 aromatic rings. The standard InChI is InChI=1S/C13H21ClN2O/c1-15(2)7-4-8-16(3)13-6-5-12(14)9-11(13)10-17/h5-6,9,17H,4,7-8,10H2,1-3H3. The van der Waals surface area contributed by atoms with Gasteiger partial charge in [-0.25, -0.2) is 0 Å². The molecule has 0 aromatic heterocycles. The Morgan fingerprint density at radius 1 is 1.18 bits per heavy atom. The predicted molar refractivity (Wildman–Crippen MR) is 73.8 cm³/mol. The minimum absolute atomic E-state index is 0.0217. The quantitative estimate of drug-likeness (QED) is 0.846. The highest BCUT2D eigenvalue weighted by Gasteiger charge is 2.07. The summed E-state index contributed by atoms with van der Waals surface area (Å²) >= 11 is 5.91. The number of nitrogens with zero attached hydrogens (tertiary/aromatic N) is 2. The van der Waals surface area contributed by atoms with Crippen LogP contribution in [0.1, 0.15) is 12.0 Å². The summed E-state index contributed by atoms with van der Waals surface area (Å²) < 4.78 is 0. The van der Waals surface area contributed by atoms with Gasteiger partial charge in [-0.1, -0.05) is 11.6 Å². The Morgan fingerprint density at radius 2 is 1.88 bits per heavy atom. The van der Waals surface area contributed by atoms with E-state index in [1.165, 1.54) is 0 Å². The van der Waals surface area contributed by atoms with Gasteiger partial charge in [0.05, 0.1) is 6.61 Å². The van der Waals surface area contributed by atoms with Gasteiger partial charge in [-0.05, 0) is 45.3 Å². The molecule has 0 heterocycles. The van der Waals surface area contributed by atoms with Gasteiger partial charge in [-0.2, -0.15) is 0 Å². The molecular formula is C13H21ClN2O. The number of halogens is 1. The lowest BCUT2D eigenvalue weighted by Crippen LogP contribution is -2.24. The molecular weight excluding hydrogens is 236 g/mol. The number of aliphatic hydroxyl groups is 1. The average Bonchev–Trinajstić information content (AvgIpc) is 2.28. The zero-order chi connectivity index (χ0) is 12.8. The molecule has 0 radical (unpaired) electrons. The van der Waals surface area contributed by atoms with Crippen molar-refractivity contribution < 1.29 is 5.11 Å². The molecule has 0 bridgehead atoms. The van der Waals surface area contributed by atoms with Gasteiger partial charge in [0.15, 0.2) is 0 Å². The second kappa shape index (κ2) is 6.84. The van der Waals surface area contributed by atoms with E-state index >= 15 is 0 Å². The van der Waals surface area contributed by atoms with E-state index in [1.54, 1.807) is 0 Å². The van der Waals surface area contributed by atoms with Crippen molar-refractivity contribution in [1.29, 1.82) is 0 Å². The van der Waals surface area contributed by atoms with E-state index in [-0.39, 0.29) is 6.61 Å². The van der Waals surface area contributed by atoms with Gasteiger partial charge in [0.25, 0.3) is 0 Å². The summed E-state index contributed by atoms with van der Waals surface area (Å²) in [4.78, 5) is 4.33. The van der Waals surface area contributed by atoms with Crippen molar-refractivity contribution in [1.82, 2.24) is 4.90 Å². The Morgan fingerprint density at radius 3 is 2.47 bits per heavy atom. The fraction of sp³-hybridized carbons (Fsp3) is 0.538. The molecule has 0 aliphatic carbocycles. The van der Waals surface area contributed by atoms with E-state index in [2.05, 4.69) is 23.9 Å². The van der Waals surface area contributed by atoms with Crippen LogP contribution in [0.2, 0.25) is 5.02 Å². The van der Waals surface area contributed by atoms with Crippen LogP contribution < -0.4 is 4.90 Å². The van der Waals surface area contributed by atoms with Crippen molar-refractivity contribution in [3.63, 3.8) is 0 Å². The lowest BCUT2D eigenvalue weighted by atomic mass is 10.1. The number of aliphatic hydroxyl groups excluding tert-OH is 1. The van der Waals surface area contributed by atoms with Crippen molar-refractivity contribution in [2.24, 2.45) is 0 Å². The first-order chi connectivity index (χ1) is 8.04. The molecule has 0 aliphatic heterocycles. The predicted octanol–water partition coefficient (Wildman–Crippen LogP) is 2.22. The van der Waals surface area contributed by atoms with E-state index in [4.69, 9.17) is 11.6 Å². The molecule has 3 nitrogen and oxygen atoms in total. The Labute approximate surface area is 109 Å². The second-order valence-corrected chi connectivity index (χ2v) is 4.95. The maximum atomic E-state index is 9.31. The minimum atomic E-state index is 0.0217. The van der Waals surface area contributed by atoms with Crippen molar-refractivity contribution in [2.75, 3.05) is 39.1 Å². The van der Waals surface area contributed by atoms with Gasteiger partial charge in [-0.3, -0.25) is 0 Å². The maximum absolute atomic E-state index is 9.31. The van der Waals surface area contributed by atoms with Crippen molar-refractivity contribution in [3.8, 4) is 0 Å². The van der Waals surface area contributed by atoms with Crippen LogP contribution in [0.3, 0.4) is 0 Å². The summed E-state index contributed by atoms with van der Waals surface area (Å²) in [6, 6.07) is 5.64. The first-order valence-electron chi connectivity index (χ1n) is 5.79. The third-order valence-electron chi connectivity index (χ3n) is 2.72. The Hall–Kier alpha value is -0.770. The lowest BCUT2D eigenvalue weighted by Gasteiger charge is -2.23. The zero-order valence-electron chi connectivity index (χ0n) is 10.8. The number of rotatable bonds is 6. The molecule has 0 aliphatic rings. The molecule has 1 aromatic carbocycles. The van der Waals surface area contributed by atoms with Gasteiger partial charge in [-0.15, -0.1) is 0 Å². The van der Waals surface area contributed by atoms with Crippen LogP contribution in [-0.2, 0) is 6.61 Å². The van der Waals surface area contributed by atoms with Crippen LogP contribution >= 0.6 is 11.6 Å². The Balaban J connectivity index is 2.64. The van der Waals surface area contributed by atoms with E-state index in [1.807, 2.05) is 25.2 Å². The first-order valence-corrected chi connectivity index (χ1v) is 6.17. The molecule has 17 heavy (non-hydrogen) atoms. The highest BCUT2D eigenvalue weighted by Crippen LogP contribution is 2.23. The molecule has 0 unspecified atom stereocenters. The van der Waals surface area contributed by atoms with Crippen LogP contribution in [0, 0.1) is 0 Å². The van der Waals surface area contributed by atoms with Gasteiger partial charge in [0.2, 0.25) is 0 Å². The van der Waals surface area contributed by atoms with Gasteiger partial charge < -0.3 is 14.9 Å². The zero-order valence-corrected chi connectivity index (χ0v) is 11.5. The van der Waals surface area contributed by atoms with Gasteiger partial charge in [0.1, 0.15) is 0 Å². The molecule has 0 fully saturated rings. The molecule has 0 amide bonds. The maximum Gasteiger partial charge on any atom is 0.0702 e. The minimum Gasteiger partial charge on any atom is -0.392 e. The van der Waals surface area contributed by atoms with Crippen LogP contribution in [0.15, 0.2) is 18.2 Å². The van der Waals surface area contributed by atoms with Gasteiger partial charge in [0, 0.05) is 29.9 Å².